The first-order valence-electron chi connectivity index (χ1n) is 8.09. The van der Waals surface area contributed by atoms with Crippen LogP contribution < -0.4 is 11.1 Å². The molecule has 2 aliphatic carbocycles. The van der Waals surface area contributed by atoms with Gasteiger partial charge in [-0.25, -0.2) is 0 Å². The molecule has 3 nitrogen and oxygen atoms in total. The molecule has 0 radical (unpaired) electrons. The Labute approximate surface area is 117 Å². The highest BCUT2D eigenvalue weighted by Gasteiger charge is 2.34. The highest BCUT2D eigenvalue weighted by Crippen LogP contribution is 2.40. The summed E-state index contributed by atoms with van der Waals surface area (Å²) in [5, 5.41) is 3.24. The summed E-state index contributed by atoms with van der Waals surface area (Å²) in [6.07, 6.45) is 9.36. The number of hydrogen-bond donors (Lipinski definition) is 2. The molecule has 110 valence electrons. The van der Waals surface area contributed by atoms with Crippen molar-refractivity contribution >= 4 is 5.91 Å². The molecule has 0 aromatic rings. The van der Waals surface area contributed by atoms with E-state index in [1.807, 2.05) is 0 Å². The molecule has 2 rings (SSSR count). The van der Waals surface area contributed by atoms with Crippen molar-refractivity contribution in [3.63, 3.8) is 0 Å². The van der Waals surface area contributed by atoms with Crippen molar-refractivity contribution < 1.29 is 4.79 Å². The molecule has 0 spiro atoms. The number of rotatable bonds is 4. The van der Waals surface area contributed by atoms with E-state index in [4.69, 9.17) is 5.73 Å². The van der Waals surface area contributed by atoms with Crippen LogP contribution >= 0.6 is 0 Å². The lowest BCUT2D eigenvalue weighted by Crippen LogP contribution is -2.43. The summed E-state index contributed by atoms with van der Waals surface area (Å²) >= 11 is 0. The second-order valence-corrected chi connectivity index (χ2v) is 6.93. The maximum atomic E-state index is 12.3. The molecule has 19 heavy (non-hydrogen) atoms. The monoisotopic (exact) mass is 266 g/mol. The fourth-order valence-corrected chi connectivity index (χ4v) is 3.86. The van der Waals surface area contributed by atoms with Crippen molar-refractivity contribution in [2.75, 3.05) is 6.54 Å². The molecule has 3 atom stereocenters. The van der Waals surface area contributed by atoms with Crippen molar-refractivity contribution in [2.24, 2.45) is 23.0 Å². The average molecular weight is 266 g/mol. The molecule has 2 aliphatic rings. The van der Waals surface area contributed by atoms with Gasteiger partial charge in [0, 0.05) is 18.5 Å². The van der Waals surface area contributed by atoms with Crippen LogP contribution in [0.15, 0.2) is 0 Å². The lowest BCUT2D eigenvalue weighted by molar-refractivity contribution is -0.127. The Morgan fingerprint density at radius 2 is 2.00 bits per heavy atom. The highest BCUT2D eigenvalue weighted by molar-refractivity contribution is 5.78. The van der Waals surface area contributed by atoms with Crippen molar-refractivity contribution in [3.8, 4) is 0 Å². The highest BCUT2D eigenvalue weighted by atomic mass is 16.1. The van der Waals surface area contributed by atoms with E-state index in [-0.39, 0.29) is 11.8 Å². The van der Waals surface area contributed by atoms with Crippen molar-refractivity contribution in [1.29, 1.82) is 0 Å². The Morgan fingerprint density at radius 1 is 1.32 bits per heavy atom. The molecule has 0 aromatic carbocycles. The second kappa shape index (κ2) is 6.25. The quantitative estimate of drug-likeness (QED) is 0.822. The van der Waals surface area contributed by atoms with Crippen molar-refractivity contribution in [2.45, 2.75) is 71.3 Å². The molecular formula is C16H30N2O. The van der Waals surface area contributed by atoms with Gasteiger partial charge >= 0.3 is 0 Å². The summed E-state index contributed by atoms with van der Waals surface area (Å²) in [4.78, 5) is 12.3. The fraction of sp³-hybridized carbons (Fsp3) is 0.938. The van der Waals surface area contributed by atoms with E-state index in [0.29, 0.717) is 17.4 Å². The van der Waals surface area contributed by atoms with Gasteiger partial charge in [0.1, 0.15) is 0 Å². The van der Waals surface area contributed by atoms with Gasteiger partial charge in [0.15, 0.2) is 0 Å². The summed E-state index contributed by atoms with van der Waals surface area (Å²) in [5.74, 6) is 0.958. The largest absolute Gasteiger partial charge is 0.355 e. The zero-order chi connectivity index (χ0) is 13.9. The average Bonchev–Trinajstić information content (AvgIpc) is 2.89. The predicted octanol–water partition coefficient (Wildman–Crippen LogP) is 2.84. The molecule has 1 amide bonds. The van der Waals surface area contributed by atoms with Gasteiger partial charge in [-0.05, 0) is 49.9 Å². The number of carbonyl (C=O) groups excluding carboxylic acids is 1. The van der Waals surface area contributed by atoms with Crippen LogP contribution in [0, 0.1) is 17.3 Å². The molecule has 3 heteroatoms. The van der Waals surface area contributed by atoms with Crippen LogP contribution in [-0.2, 0) is 4.79 Å². The van der Waals surface area contributed by atoms with E-state index in [0.717, 1.165) is 25.8 Å². The third kappa shape index (κ3) is 3.50. The van der Waals surface area contributed by atoms with Gasteiger partial charge in [-0.1, -0.05) is 26.7 Å². The fourth-order valence-electron chi connectivity index (χ4n) is 3.86. The van der Waals surface area contributed by atoms with Gasteiger partial charge in [0.2, 0.25) is 5.91 Å². The van der Waals surface area contributed by atoms with Gasteiger partial charge in [-0.3, -0.25) is 4.79 Å². The Morgan fingerprint density at radius 3 is 2.58 bits per heavy atom. The Kier molecular flexibility index (Phi) is 4.88. The number of amides is 1. The maximum absolute atomic E-state index is 12.3. The number of hydrogen-bond acceptors (Lipinski definition) is 2. The van der Waals surface area contributed by atoms with Crippen LogP contribution in [-0.4, -0.2) is 18.5 Å². The number of carbonyl (C=O) groups is 1. The van der Waals surface area contributed by atoms with Gasteiger partial charge in [-0.2, -0.15) is 0 Å². The van der Waals surface area contributed by atoms with Crippen LogP contribution in [0.25, 0.3) is 0 Å². The molecule has 2 fully saturated rings. The first-order chi connectivity index (χ1) is 9.06. The third-order valence-electron chi connectivity index (χ3n) is 5.66. The van der Waals surface area contributed by atoms with E-state index >= 15 is 0 Å². The summed E-state index contributed by atoms with van der Waals surface area (Å²) in [7, 11) is 0. The summed E-state index contributed by atoms with van der Waals surface area (Å²) < 4.78 is 0. The van der Waals surface area contributed by atoms with Crippen molar-refractivity contribution in [3.05, 3.63) is 0 Å². The minimum absolute atomic E-state index is 0.199. The van der Waals surface area contributed by atoms with Crippen LogP contribution in [0.5, 0.6) is 0 Å². The predicted molar refractivity (Wildman–Crippen MR) is 78.7 cm³/mol. The second-order valence-electron chi connectivity index (χ2n) is 6.93. The van der Waals surface area contributed by atoms with Gasteiger partial charge < -0.3 is 11.1 Å². The summed E-state index contributed by atoms with van der Waals surface area (Å²) in [6.45, 7) is 5.33. The van der Waals surface area contributed by atoms with Gasteiger partial charge in [0.05, 0.1) is 0 Å². The molecule has 0 saturated heterocycles. The lowest BCUT2D eigenvalue weighted by atomic mass is 9.78. The smallest absolute Gasteiger partial charge is 0.223 e. The molecular weight excluding hydrogens is 236 g/mol. The molecule has 2 saturated carbocycles. The van der Waals surface area contributed by atoms with E-state index in [1.165, 1.54) is 32.1 Å². The lowest BCUT2D eigenvalue weighted by Gasteiger charge is -2.33. The Hall–Kier alpha value is -0.570. The first kappa shape index (κ1) is 14.8. The van der Waals surface area contributed by atoms with E-state index < -0.39 is 0 Å². The summed E-state index contributed by atoms with van der Waals surface area (Å²) in [6, 6.07) is 0.292. The summed E-state index contributed by atoms with van der Waals surface area (Å²) in [5.41, 5.74) is 6.42. The van der Waals surface area contributed by atoms with Crippen LogP contribution in [0.4, 0.5) is 0 Å². The zero-order valence-corrected chi connectivity index (χ0v) is 12.6. The Balaban J connectivity index is 1.81. The minimum Gasteiger partial charge on any atom is -0.355 e. The molecule has 0 aromatic heterocycles. The molecule has 0 bridgehead atoms. The minimum atomic E-state index is 0.199. The normalized spacial score (nSPS) is 34.2. The van der Waals surface area contributed by atoms with Gasteiger partial charge in [0.25, 0.3) is 0 Å². The van der Waals surface area contributed by atoms with Crippen LogP contribution in [0.3, 0.4) is 0 Å². The zero-order valence-electron chi connectivity index (χ0n) is 12.6. The van der Waals surface area contributed by atoms with E-state index in [2.05, 4.69) is 19.2 Å². The SMILES string of the molecule is CCC1(CNC(=O)C2CCC(N)C(C)C2)CCCC1. The molecule has 3 N–H and O–H groups in total. The number of nitrogens with two attached hydrogens (primary N) is 1. The molecule has 0 aliphatic heterocycles. The third-order valence-corrected chi connectivity index (χ3v) is 5.66. The van der Waals surface area contributed by atoms with Crippen molar-refractivity contribution in [1.82, 2.24) is 5.32 Å². The van der Waals surface area contributed by atoms with Gasteiger partial charge in [-0.15, -0.1) is 0 Å². The number of nitrogens with one attached hydrogen (secondary N) is 1. The Bertz CT molecular complexity index is 310. The van der Waals surface area contributed by atoms with Crippen LogP contribution in [0.2, 0.25) is 0 Å². The topological polar surface area (TPSA) is 55.1 Å². The molecule has 3 unspecified atom stereocenters. The first-order valence-corrected chi connectivity index (χ1v) is 8.09. The standard InChI is InChI=1S/C16H30N2O/c1-3-16(8-4-5-9-16)11-18-15(19)13-6-7-14(17)12(2)10-13/h12-14H,3-11,17H2,1-2H3,(H,18,19). The van der Waals surface area contributed by atoms with E-state index in [9.17, 15) is 4.79 Å². The van der Waals surface area contributed by atoms with E-state index in [1.54, 1.807) is 0 Å². The maximum Gasteiger partial charge on any atom is 0.223 e. The van der Waals surface area contributed by atoms with Crippen LogP contribution in [0.1, 0.15) is 65.2 Å². The molecule has 0 heterocycles.